The molecule has 0 spiro atoms. The van der Waals surface area contributed by atoms with Crippen LogP contribution in [0, 0.1) is 46.3 Å². The van der Waals surface area contributed by atoms with E-state index in [9.17, 15) is 39.1 Å². The Morgan fingerprint density at radius 3 is 2.24 bits per heavy atom. The van der Waals surface area contributed by atoms with Gasteiger partial charge in [0.2, 0.25) is 0 Å². The monoisotopic (exact) mass is 805 g/mol. The number of hydrogen-bond donors (Lipinski definition) is 7. The van der Waals surface area contributed by atoms with E-state index in [4.69, 9.17) is 18.9 Å². The Kier molecular flexibility index (Phi) is 13.8. The van der Waals surface area contributed by atoms with Crippen molar-refractivity contribution in [3.63, 3.8) is 0 Å². The van der Waals surface area contributed by atoms with Gasteiger partial charge in [0.15, 0.2) is 12.6 Å². The Bertz CT molecular complexity index is 1430. The lowest BCUT2D eigenvalue weighted by Gasteiger charge is -2.58. The Balaban J connectivity index is 1.06. The van der Waals surface area contributed by atoms with Gasteiger partial charge in [0, 0.05) is 0 Å². The van der Waals surface area contributed by atoms with Crippen LogP contribution >= 0.6 is 0 Å². The smallest absolute Gasteiger partial charge is 0.394 e. The molecule has 0 amide bonds. The summed E-state index contributed by atoms with van der Waals surface area (Å²) < 4.78 is 54.8. The van der Waals surface area contributed by atoms with Crippen molar-refractivity contribution in [3.8, 4) is 0 Å². The normalized spacial score (nSPS) is 46.8. The summed E-state index contributed by atoms with van der Waals surface area (Å²) in [5, 5.41) is 64.0. The largest absolute Gasteiger partial charge is 0.415 e. The number of ether oxygens (including phenoxy) is 4. The fourth-order valence-electron chi connectivity index (χ4n) is 11.8. The minimum Gasteiger partial charge on any atom is -0.394 e. The Hall–Kier alpha value is -0.830. The van der Waals surface area contributed by atoms with E-state index in [0.29, 0.717) is 23.7 Å². The van der Waals surface area contributed by atoms with E-state index in [1.54, 1.807) is 0 Å². The van der Waals surface area contributed by atoms with Gasteiger partial charge >= 0.3 is 10.4 Å². The third-order valence-corrected chi connectivity index (χ3v) is 15.5. The number of rotatable bonds is 14. The van der Waals surface area contributed by atoms with Gasteiger partial charge in [-0.2, -0.15) is 18.6 Å². The molecule has 18 atom stereocenters. The second kappa shape index (κ2) is 17.4. The number of aliphatic hydroxyl groups excluding tert-OH is 6. The van der Waals surface area contributed by atoms with Crippen LogP contribution in [0.4, 0.5) is 0 Å². The molecule has 8 N–H and O–H groups in total. The lowest BCUT2D eigenvalue weighted by molar-refractivity contribution is -0.362. The molecular formula is C39H67NO14S. The van der Waals surface area contributed by atoms with E-state index in [-0.39, 0.29) is 11.5 Å². The molecule has 2 saturated heterocycles. The van der Waals surface area contributed by atoms with Gasteiger partial charge < -0.3 is 49.6 Å². The van der Waals surface area contributed by atoms with Gasteiger partial charge in [-0.25, -0.2) is 4.18 Å². The van der Waals surface area contributed by atoms with Gasteiger partial charge in [-0.1, -0.05) is 65.5 Å². The first-order valence-electron chi connectivity index (χ1n) is 20.5. The van der Waals surface area contributed by atoms with Crippen LogP contribution in [0.1, 0.15) is 105 Å². The molecule has 0 radical (unpaired) electrons. The van der Waals surface area contributed by atoms with Crippen LogP contribution in [0.3, 0.4) is 0 Å². The highest BCUT2D eigenvalue weighted by Gasteiger charge is 2.59. The molecule has 6 aliphatic rings. The minimum absolute atomic E-state index is 0.0760. The molecule has 0 bridgehead atoms. The minimum atomic E-state index is -4.64. The molecule has 0 aromatic carbocycles. The number of hydrogen-bond acceptors (Lipinski definition) is 15. The second-order valence-electron chi connectivity index (χ2n) is 18.4. The van der Waals surface area contributed by atoms with Crippen molar-refractivity contribution in [1.29, 1.82) is 0 Å². The van der Waals surface area contributed by atoms with Crippen LogP contribution < -0.4 is 5.90 Å². The van der Waals surface area contributed by atoms with Crippen molar-refractivity contribution in [3.05, 3.63) is 11.6 Å². The third kappa shape index (κ3) is 8.75. The Morgan fingerprint density at radius 2 is 1.55 bits per heavy atom. The zero-order valence-electron chi connectivity index (χ0n) is 33.0. The summed E-state index contributed by atoms with van der Waals surface area (Å²) in [4.78, 5) is 0. The number of allylic oxidation sites excluding steroid dienone is 1. The van der Waals surface area contributed by atoms with E-state index < -0.39 is 85.0 Å². The van der Waals surface area contributed by atoms with Gasteiger partial charge in [0.05, 0.1) is 19.3 Å². The quantitative estimate of drug-likeness (QED) is 0.0985. The van der Waals surface area contributed by atoms with Crippen LogP contribution in [-0.2, 0) is 37.8 Å². The van der Waals surface area contributed by atoms with Crippen LogP contribution in [-0.4, -0.2) is 120 Å². The molecule has 15 nitrogen and oxygen atoms in total. The van der Waals surface area contributed by atoms with Gasteiger partial charge in [0.25, 0.3) is 0 Å². The summed E-state index contributed by atoms with van der Waals surface area (Å²) in [6.07, 6.45) is -1.42. The maximum absolute atomic E-state index is 11.5. The first-order valence-corrected chi connectivity index (χ1v) is 21.9. The highest BCUT2D eigenvalue weighted by atomic mass is 32.3. The van der Waals surface area contributed by atoms with Crippen molar-refractivity contribution in [1.82, 2.24) is 0 Å². The summed E-state index contributed by atoms with van der Waals surface area (Å²) in [6, 6.07) is 0. The third-order valence-electron chi connectivity index (χ3n) is 14.9. The molecule has 4 aliphatic carbocycles. The van der Waals surface area contributed by atoms with E-state index in [1.165, 1.54) is 50.5 Å². The molecule has 6 rings (SSSR count). The van der Waals surface area contributed by atoms with Gasteiger partial charge in [-0.3, -0.25) is 0 Å². The predicted molar refractivity (Wildman–Crippen MR) is 197 cm³/mol. The molecule has 0 aromatic heterocycles. The fourth-order valence-corrected chi connectivity index (χ4v) is 12.1. The highest BCUT2D eigenvalue weighted by molar-refractivity contribution is 7.81. The van der Waals surface area contributed by atoms with Gasteiger partial charge in [-0.15, -0.1) is 0 Å². The van der Waals surface area contributed by atoms with Gasteiger partial charge in [0.1, 0.15) is 48.8 Å². The molecule has 2 aliphatic heterocycles. The zero-order valence-corrected chi connectivity index (χ0v) is 33.8. The SMILES string of the molecule is CC(C)CCC[C@@H](C)[C@H]1CC[C@H]2[C@@H]3CC=C4C[C@@H](O[C@@H]5O[C@H](CO)[C@@H](O[C@@H]6O[C@H](COS(=O)(=O)ON)[C@@H](O)[C@H](O)[C@H]6O)[C@H](O)[C@H]5O)CC[C@]4(C)[C@H]3CC[C@]12C. The molecular weight excluding hydrogens is 738 g/mol. The van der Waals surface area contributed by atoms with Crippen LogP contribution in [0.5, 0.6) is 0 Å². The summed E-state index contributed by atoms with van der Waals surface area (Å²) in [6.45, 7) is 10.6. The van der Waals surface area contributed by atoms with Gasteiger partial charge in [-0.05, 0) is 97.7 Å². The van der Waals surface area contributed by atoms with Crippen molar-refractivity contribution in [2.45, 2.75) is 173 Å². The van der Waals surface area contributed by atoms with Crippen molar-refractivity contribution >= 4 is 10.4 Å². The Labute approximate surface area is 326 Å². The topological polar surface area (TPSA) is 237 Å². The standard InChI is InChI=1S/C39H67NO14S/c1-20(2)7-6-8-21(3)25-11-12-26-24-10-9-22-17-23(13-15-38(22,4)27(24)14-16-39(25,26)5)50-36-34(46)32(44)35(28(18-41)51-36)53-37-33(45)31(43)30(42)29(52-37)19-49-55(47,48)54-40/h9,20-21,23-37,41-46H,6-8,10-19,40H2,1-5H3/t21-,23+,24+,25-,26+,27+,28-,29-,30-,31+,32-,33-,34-,35-,36-,37+,38+,39-/m1/s1. The fraction of sp³-hybridized carbons (Fsp3) is 0.949. The molecule has 0 unspecified atom stereocenters. The predicted octanol–water partition coefficient (Wildman–Crippen LogP) is 2.20. The van der Waals surface area contributed by atoms with Crippen molar-refractivity contribution < 1.29 is 66.5 Å². The second-order valence-corrected chi connectivity index (χ2v) is 19.6. The first kappa shape index (κ1) is 43.7. The highest BCUT2D eigenvalue weighted by Crippen LogP contribution is 2.67. The average Bonchev–Trinajstić information content (AvgIpc) is 3.51. The summed E-state index contributed by atoms with van der Waals surface area (Å²) in [5.74, 6) is 9.04. The van der Waals surface area contributed by atoms with E-state index in [0.717, 1.165) is 42.9 Å². The molecule has 5 fully saturated rings. The van der Waals surface area contributed by atoms with Crippen LogP contribution in [0.15, 0.2) is 11.6 Å². The maximum Gasteiger partial charge on any atom is 0.415 e. The summed E-state index contributed by atoms with van der Waals surface area (Å²) in [5.41, 5.74) is 1.87. The van der Waals surface area contributed by atoms with Crippen molar-refractivity contribution in [2.24, 2.45) is 52.2 Å². The zero-order chi connectivity index (χ0) is 40.0. The molecule has 16 heteroatoms. The van der Waals surface area contributed by atoms with Crippen LogP contribution in [0.2, 0.25) is 0 Å². The van der Waals surface area contributed by atoms with Crippen LogP contribution in [0.25, 0.3) is 0 Å². The number of nitrogens with two attached hydrogens (primary N) is 1. The molecule has 55 heavy (non-hydrogen) atoms. The Morgan fingerprint density at radius 1 is 0.855 bits per heavy atom. The first-order chi connectivity index (χ1) is 25.9. The number of aliphatic hydroxyl groups is 6. The molecule has 3 saturated carbocycles. The average molecular weight is 806 g/mol. The van der Waals surface area contributed by atoms with E-state index >= 15 is 0 Å². The molecule has 0 aromatic rings. The number of fused-ring (bicyclic) bond motifs is 5. The van der Waals surface area contributed by atoms with Crippen molar-refractivity contribution in [2.75, 3.05) is 13.2 Å². The summed E-state index contributed by atoms with van der Waals surface area (Å²) in [7, 11) is -4.64. The molecule has 2 heterocycles. The van der Waals surface area contributed by atoms with E-state index in [2.05, 4.69) is 55.1 Å². The lowest BCUT2D eigenvalue weighted by Crippen LogP contribution is -2.65. The van der Waals surface area contributed by atoms with E-state index in [1.807, 2.05) is 0 Å². The lowest BCUT2D eigenvalue weighted by atomic mass is 9.47. The summed E-state index contributed by atoms with van der Waals surface area (Å²) >= 11 is 0. The maximum atomic E-state index is 11.5. The molecule has 318 valence electrons.